The predicted molar refractivity (Wildman–Crippen MR) is 67.9 cm³/mol. The van der Waals surface area contributed by atoms with Crippen molar-refractivity contribution in [1.82, 2.24) is 4.90 Å². The van der Waals surface area contributed by atoms with Crippen LogP contribution in [-0.2, 0) is 6.54 Å². The summed E-state index contributed by atoms with van der Waals surface area (Å²) in [4.78, 5) is 2.46. The van der Waals surface area contributed by atoms with E-state index in [-0.39, 0.29) is 6.61 Å². The Morgan fingerprint density at radius 3 is 3.00 bits per heavy atom. The summed E-state index contributed by atoms with van der Waals surface area (Å²) in [6.45, 7) is 2.33. The zero-order valence-corrected chi connectivity index (χ0v) is 10.2. The van der Waals surface area contributed by atoms with Crippen molar-refractivity contribution in [1.29, 1.82) is 0 Å². The Kier molecular flexibility index (Phi) is 4.40. The van der Waals surface area contributed by atoms with Gasteiger partial charge in [-0.3, -0.25) is 4.90 Å². The number of aromatic hydroxyl groups is 1. The zero-order chi connectivity index (χ0) is 12.1. The normalized spacial score (nSPS) is 20.9. The van der Waals surface area contributed by atoms with Crippen LogP contribution in [0.25, 0.3) is 0 Å². The van der Waals surface area contributed by atoms with Gasteiger partial charge >= 0.3 is 0 Å². The van der Waals surface area contributed by atoms with Crippen molar-refractivity contribution in [2.75, 3.05) is 13.2 Å². The minimum absolute atomic E-state index is 0.288. The average Bonchev–Trinajstić information content (AvgIpc) is 2.74. The standard InChI is InChI=1S/C14H21NO2/c16-9-3-6-13-5-2-8-15(13)11-12-4-1-7-14(17)10-12/h1,4,7,10,13,16-17H,2-3,5-6,8-9,11H2. The fraction of sp³-hybridized carbons (Fsp3) is 0.571. The zero-order valence-electron chi connectivity index (χ0n) is 10.2. The Hall–Kier alpha value is -1.06. The van der Waals surface area contributed by atoms with Gasteiger partial charge < -0.3 is 10.2 Å². The molecule has 1 aromatic rings. The van der Waals surface area contributed by atoms with Crippen molar-refractivity contribution in [2.24, 2.45) is 0 Å². The fourth-order valence-corrected chi connectivity index (χ4v) is 2.65. The van der Waals surface area contributed by atoms with E-state index in [0.717, 1.165) is 25.9 Å². The third-order valence-corrected chi connectivity index (χ3v) is 3.49. The van der Waals surface area contributed by atoms with Crippen molar-refractivity contribution in [3.63, 3.8) is 0 Å². The van der Waals surface area contributed by atoms with E-state index in [1.54, 1.807) is 6.07 Å². The lowest BCUT2D eigenvalue weighted by molar-refractivity contribution is 0.210. The number of aliphatic hydroxyl groups is 1. The number of hydrogen-bond donors (Lipinski definition) is 2. The number of aliphatic hydroxyl groups excluding tert-OH is 1. The highest BCUT2D eigenvalue weighted by Gasteiger charge is 2.23. The minimum atomic E-state index is 0.288. The fourth-order valence-electron chi connectivity index (χ4n) is 2.65. The first-order valence-electron chi connectivity index (χ1n) is 6.42. The number of phenols is 1. The van der Waals surface area contributed by atoms with E-state index in [2.05, 4.69) is 11.0 Å². The quantitative estimate of drug-likeness (QED) is 0.821. The first-order chi connectivity index (χ1) is 8.29. The lowest BCUT2D eigenvalue weighted by Crippen LogP contribution is -2.29. The van der Waals surface area contributed by atoms with Crippen molar-refractivity contribution < 1.29 is 10.2 Å². The van der Waals surface area contributed by atoms with Crippen molar-refractivity contribution in [3.05, 3.63) is 29.8 Å². The third-order valence-electron chi connectivity index (χ3n) is 3.49. The molecule has 1 heterocycles. The molecule has 0 spiro atoms. The van der Waals surface area contributed by atoms with Crippen molar-refractivity contribution in [3.8, 4) is 5.75 Å². The van der Waals surface area contributed by atoms with Crippen LogP contribution in [0.5, 0.6) is 5.75 Å². The smallest absolute Gasteiger partial charge is 0.115 e. The Bertz CT molecular complexity index is 354. The molecule has 1 aromatic carbocycles. The lowest BCUT2D eigenvalue weighted by atomic mass is 10.1. The van der Waals surface area contributed by atoms with Crippen molar-refractivity contribution in [2.45, 2.75) is 38.3 Å². The topological polar surface area (TPSA) is 43.7 Å². The molecule has 0 aliphatic carbocycles. The number of nitrogens with zero attached hydrogens (tertiary/aromatic N) is 1. The van der Waals surface area contributed by atoms with E-state index in [4.69, 9.17) is 5.11 Å². The molecule has 1 saturated heterocycles. The molecule has 3 heteroatoms. The Morgan fingerprint density at radius 1 is 1.35 bits per heavy atom. The van der Waals surface area contributed by atoms with E-state index in [9.17, 15) is 5.11 Å². The second-order valence-electron chi connectivity index (χ2n) is 4.80. The summed E-state index contributed by atoms with van der Waals surface area (Å²) >= 11 is 0. The molecule has 1 fully saturated rings. The third kappa shape index (κ3) is 3.45. The van der Waals surface area contributed by atoms with Gasteiger partial charge in [0.1, 0.15) is 5.75 Å². The van der Waals surface area contributed by atoms with Gasteiger partial charge in [0.2, 0.25) is 0 Å². The molecule has 1 aliphatic rings. The number of hydrogen-bond acceptors (Lipinski definition) is 3. The van der Waals surface area contributed by atoms with Gasteiger partial charge in [0.15, 0.2) is 0 Å². The first-order valence-corrected chi connectivity index (χ1v) is 6.42. The molecule has 17 heavy (non-hydrogen) atoms. The summed E-state index contributed by atoms with van der Waals surface area (Å²) in [5.74, 6) is 0.341. The van der Waals surface area contributed by atoms with Gasteiger partial charge in [-0.05, 0) is 49.9 Å². The Morgan fingerprint density at radius 2 is 2.24 bits per heavy atom. The highest BCUT2D eigenvalue weighted by Crippen LogP contribution is 2.24. The molecule has 1 aliphatic heterocycles. The molecule has 3 nitrogen and oxygen atoms in total. The maximum atomic E-state index is 9.44. The highest BCUT2D eigenvalue weighted by atomic mass is 16.3. The summed E-state index contributed by atoms with van der Waals surface area (Å²) in [5, 5.41) is 18.3. The number of phenolic OH excluding ortho intramolecular Hbond substituents is 1. The van der Waals surface area contributed by atoms with Gasteiger partial charge in [-0.2, -0.15) is 0 Å². The van der Waals surface area contributed by atoms with Crippen LogP contribution in [0.15, 0.2) is 24.3 Å². The Balaban J connectivity index is 1.93. The van der Waals surface area contributed by atoms with E-state index < -0.39 is 0 Å². The molecule has 94 valence electrons. The first kappa shape index (κ1) is 12.4. The van der Waals surface area contributed by atoms with E-state index in [1.165, 1.54) is 18.4 Å². The van der Waals surface area contributed by atoms with Crippen LogP contribution in [-0.4, -0.2) is 34.3 Å². The average molecular weight is 235 g/mol. The van der Waals surface area contributed by atoms with Crippen LogP contribution < -0.4 is 0 Å². The second kappa shape index (κ2) is 6.03. The summed E-state index contributed by atoms with van der Waals surface area (Å²) in [5.41, 5.74) is 1.17. The van der Waals surface area contributed by atoms with E-state index in [0.29, 0.717) is 11.8 Å². The van der Waals surface area contributed by atoms with Gasteiger partial charge in [0.25, 0.3) is 0 Å². The molecular weight excluding hydrogens is 214 g/mol. The maximum absolute atomic E-state index is 9.44. The molecule has 2 rings (SSSR count). The lowest BCUT2D eigenvalue weighted by Gasteiger charge is -2.24. The highest BCUT2D eigenvalue weighted by molar-refractivity contribution is 5.27. The van der Waals surface area contributed by atoms with E-state index >= 15 is 0 Å². The number of likely N-dealkylation sites (tertiary alicyclic amines) is 1. The van der Waals surface area contributed by atoms with Crippen LogP contribution >= 0.6 is 0 Å². The summed E-state index contributed by atoms with van der Waals surface area (Å²) < 4.78 is 0. The SMILES string of the molecule is OCCCC1CCCN1Cc1cccc(O)c1. The van der Waals surface area contributed by atoms with Crippen LogP contribution in [0.3, 0.4) is 0 Å². The predicted octanol–water partition coefficient (Wildman–Crippen LogP) is 2.13. The minimum Gasteiger partial charge on any atom is -0.508 e. The molecule has 0 saturated carbocycles. The molecule has 0 radical (unpaired) electrons. The van der Waals surface area contributed by atoms with Crippen LogP contribution in [0, 0.1) is 0 Å². The number of rotatable bonds is 5. The maximum Gasteiger partial charge on any atom is 0.115 e. The molecule has 0 amide bonds. The van der Waals surface area contributed by atoms with Crippen molar-refractivity contribution >= 4 is 0 Å². The largest absolute Gasteiger partial charge is 0.508 e. The Labute approximate surface area is 103 Å². The van der Waals surface area contributed by atoms with Crippen LogP contribution in [0.2, 0.25) is 0 Å². The molecule has 1 unspecified atom stereocenters. The van der Waals surface area contributed by atoms with Gasteiger partial charge in [-0.15, -0.1) is 0 Å². The summed E-state index contributed by atoms with van der Waals surface area (Å²) in [6.07, 6.45) is 4.45. The molecule has 0 bridgehead atoms. The van der Waals surface area contributed by atoms with Gasteiger partial charge in [-0.25, -0.2) is 0 Å². The molecule has 0 aromatic heterocycles. The van der Waals surface area contributed by atoms with Crippen LogP contribution in [0.4, 0.5) is 0 Å². The van der Waals surface area contributed by atoms with Gasteiger partial charge in [0.05, 0.1) is 0 Å². The molecular formula is C14H21NO2. The van der Waals surface area contributed by atoms with Gasteiger partial charge in [0, 0.05) is 19.2 Å². The summed E-state index contributed by atoms with van der Waals surface area (Å²) in [7, 11) is 0. The van der Waals surface area contributed by atoms with E-state index in [1.807, 2.05) is 12.1 Å². The molecule has 2 N–H and O–H groups in total. The summed E-state index contributed by atoms with van der Waals surface area (Å²) in [6, 6.07) is 8.09. The van der Waals surface area contributed by atoms with Crippen LogP contribution in [0.1, 0.15) is 31.2 Å². The van der Waals surface area contributed by atoms with Gasteiger partial charge in [-0.1, -0.05) is 12.1 Å². The number of benzene rings is 1. The second-order valence-corrected chi connectivity index (χ2v) is 4.80. The monoisotopic (exact) mass is 235 g/mol. The molecule has 1 atom stereocenters.